The van der Waals surface area contributed by atoms with Gasteiger partial charge in [0.25, 0.3) is 5.91 Å². The first kappa shape index (κ1) is 14.2. The molecule has 0 saturated heterocycles. The van der Waals surface area contributed by atoms with Crippen molar-refractivity contribution in [1.82, 2.24) is 10.5 Å². The quantitative estimate of drug-likeness (QED) is 0.854. The Morgan fingerprint density at radius 2 is 1.83 bits per heavy atom. The topological polar surface area (TPSA) is 92.4 Å². The summed E-state index contributed by atoms with van der Waals surface area (Å²) >= 11 is 0. The molecule has 2 N–H and O–H groups in total. The standard InChI is InChI=1S/C12H18N2O4/c1-11(2,3)8-6-7(14-18-8)9(15)13-12(4,5)10(16)17/h6H,1-5H3,(H,13,15)(H,16,17). The van der Waals surface area contributed by atoms with E-state index in [9.17, 15) is 9.59 Å². The molecule has 0 saturated carbocycles. The van der Waals surface area contributed by atoms with Crippen LogP contribution in [0.1, 0.15) is 50.9 Å². The summed E-state index contributed by atoms with van der Waals surface area (Å²) in [6.45, 7) is 8.58. The molecule has 0 aliphatic rings. The molecule has 1 amide bonds. The first-order valence-electron chi connectivity index (χ1n) is 5.57. The average molecular weight is 254 g/mol. The molecule has 100 valence electrons. The number of rotatable bonds is 3. The normalized spacial score (nSPS) is 12.3. The Labute approximate surface area is 105 Å². The summed E-state index contributed by atoms with van der Waals surface area (Å²) in [6, 6.07) is 1.52. The number of hydrogen-bond acceptors (Lipinski definition) is 4. The molecule has 0 aliphatic heterocycles. The van der Waals surface area contributed by atoms with E-state index in [1.54, 1.807) is 0 Å². The maximum absolute atomic E-state index is 11.8. The molecular formula is C12H18N2O4. The lowest BCUT2D eigenvalue weighted by Crippen LogP contribution is -2.49. The van der Waals surface area contributed by atoms with Crippen molar-refractivity contribution in [2.45, 2.75) is 45.6 Å². The summed E-state index contributed by atoms with van der Waals surface area (Å²) in [5.74, 6) is -1.11. The summed E-state index contributed by atoms with van der Waals surface area (Å²) < 4.78 is 5.07. The number of nitrogens with one attached hydrogen (secondary N) is 1. The minimum atomic E-state index is -1.35. The van der Waals surface area contributed by atoms with Gasteiger partial charge in [-0.1, -0.05) is 25.9 Å². The SMILES string of the molecule is CC(C)(NC(=O)c1cc(C(C)(C)C)on1)C(=O)O. The molecule has 1 aromatic heterocycles. The Hall–Kier alpha value is -1.85. The molecule has 0 bridgehead atoms. The van der Waals surface area contributed by atoms with E-state index < -0.39 is 17.4 Å². The van der Waals surface area contributed by atoms with Crippen molar-refractivity contribution in [2.24, 2.45) is 0 Å². The fourth-order valence-corrected chi connectivity index (χ4v) is 1.14. The lowest BCUT2D eigenvalue weighted by atomic mass is 9.93. The van der Waals surface area contributed by atoms with Crippen LogP contribution in [0.2, 0.25) is 0 Å². The second kappa shape index (κ2) is 4.44. The molecule has 0 aromatic carbocycles. The maximum atomic E-state index is 11.8. The Bertz CT molecular complexity index is 469. The van der Waals surface area contributed by atoms with Gasteiger partial charge in [-0.3, -0.25) is 4.79 Å². The molecule has 6 heteroatoms. The van der Waals surface area contributed by atoms with Crippen LogP contribution in [0.25, 0.3) is 0 Å². The fraction of sp³-hybridized carbons (Fsp3) is 0.583. The molecule has 0 unspecified atom stereocenters. The Balaban J connectivity index is 2.87. The van der Waals surface area contributed by atoms with Crippen LogP contribution in [0.5, 0.6) is 0 Å². The van der Waals surface area contributed by atoms with Gasteiger partial charge in [0.15, 0.2) is 5.69 Å². The summed E-state index contributed by atoms with van der Waals surface area (Å²) in [7, 11) is 0. The second-order valence-corrected chi connectivity index (χ2v) is 5.71. The molecule has 1 rings (SSSR count). The number of hydrogen-bond donors (Lipinski definition) is 2. The van der Waals surface area contributed by atoms with Crippen LogP contribution in [0.15, 0.2) is 10.6 Å². The number of carbonyl (C=O) groups is 2. The average Bonchev–Trinajstić information content (AvgIpc) is 2.64. The van der Waals surface area contributed by atoms with E-state index in [1.165, 1.54) is 19.9 Å². The van der Waals surface area contributed by atoms with Crippen LogP contribution < -0.4 is 5.32 Å². The molecular weight excluding hydrogens is 236 g/mol. The van der Waals surface area contributed by atoms with Gasteiger partial charge in [-0.2, -0.15) is 0 Å². The molecule has 0 fully saturated rings. The van der Waals surface area contributed by atoms with Gasteiger partial charge in [0.05, 0.1) is 0 Å². The van der Waals surface area contributed by atoms with Crippen molar-refractivity contribution in [3.63, 3.8) is 0 Å². The molecule has 18 heavy (non-hydrogen) atoms. The minimum absolute atomic E-state index is 0.0780. The first-order valence-corrected chi connectivity index (χ1v) is 5.57. The zero-order valence-electron chi connectivity index (χ0n) is 11.2. The number of nitrogens with zero attached hydrogens (tertiary/aromatic N) is 1. The Kier molecular flexibility index (Phi) is 3.50. The predicted octanol–water partition coefficient (Wildman–Crippen LogP) is 1.57. The van der Waals surface area contributed by atoms with Crippen molar-refractivity contribution in [1.29, 1.82) is 0 Å². The number of carbonyl (C=O) groups excluding carboxylic acids is 1. The number of carboxylic acids is 1. The van der Waals surface area contributed by atoms with E-state index in [-0.39, 0.29) is 11.1 Å². The van der Waals surface area contributed by atoms with Crippen LogP contribution >= 0.6 is 0 Å². The molecule has 1 heterocycles. The fourth-order valence-electron chi connectivity index (χ4n) is 1.14. The van der Waals surface area contributed by atoms with Crippen molar-refractivity contribution in [3.05, 3.63) is 17.5 Å². The van der Waals surface area contributed by atoms with Crippen LogP contribution in [0.3, 0.4) is 0 Å². The lowest BCUT2D eigenvalue weighted by Gasteiger charge is -2.19. The van der Waals surface area contributed by atoms with Crippen molar-refractivity contribution in [2.75, 3.05) is 0 Å². The zero-order chi connectivity index (χ0) is 14.1. The van der Waals surface area contributed by atoms with Gasteiger partial charge < -0.3 is 14.9 Å². The lowest BCUT2D eigenvalue weighted by molar-refractivity contribution is -0.143. The predicted molar refractivity (Wildman–Crippen MR) is 64.4 cm³/mol. The van der Waals surface area contributed by atoms with E-state index >= 15 is 0 Å². The number of amides is 1. The van der Waals surface area contributed by atoms with Crippen molar-refractivity contribution >= 4 is 11.9 Å². The third-order valence-corrected chi connectivity index (χ3v) is 2.44. The highest BCUT2D eigenvalue weighted by atomic mass is 16.5. The van der Waals surface area contributed by atoms with Crippen molar-refractivity contribution in [3.8, 4) is 0 Å². The minimum Gasteiger partial charge on any atom is -0.480 e. The van der Waals surface area contributed by atoms with Crippen molar-refractivity contribution < 1.29 is 19.2 Å². The van der Waals surface area contributed by atoms with Crippen LogP contribution in [0.4, 0.5) is 0 Å². The van der Waals surface area contributed by atoms with Crippen LogP contribution in [0, 0.1) is 0 Å². The number of aliphatic carboxylic acids is 1. The third-order valence-electron chi connectivity index (χ3n) is 2.44. The van der Waals surface area contributed by atoms with Gasteiger partial charge in [-0.15, -0.1) is 0 Å². The monoisotopic (exact) mass is 254 g/mol. The van der Waals surface area contributed by atoms with Gasteiger partial charge in [0.2, 0.25) is 0 Å². The summed E-state index contributed by atoms with van der Waals surface area (Å²) in [4.78, 5) is 22.7. The van der Waals surface area contributed by atoms with Gasteiger partial charge in [-0.25, -0.2) is 4.79 Å². The zero-order valence-corrected chi connectivity index (χ0v) is 11.2. The Morgan fingerprint density at radius 1 is 1.28 bits per heavy atom. The van der Waals surface area contributed by atoms with Crippen LogP contribution in [-0.2, 0) is 10.2 Å². The second-order valence-electron chi connectivity index (χ2n) is 5.71. The molecule has 6 nitrogen and oxygen atoms in total. The largest absolute Gasteiger partial charge is 0.480 e. The molecule has 1 aromatic rings. The highest BCUT2D eigenvalue weighted by Gasteiger charge is 2.31. The van der Waals surface area contributed by atoms with E-state index in [2.05, 4.69) is 10.5 Å². The van der Waals surface area contributed by atoms with E-state index in [0.29, 0.717) is 5.76 Å². The summed E-state index contributed by atoms with van der Waals surface area (Å²) in [5, 5.41) is 14.9. The highest BCUT2D eigenvalue weighted by Crippen LogP contribution is 2.22. The molecule has 0 radical (unpaired) electrons. The number of carboxylic acid groups (broad SMARTS) is 1. The van der Waals surface area contributed by atoms with Gasteiger partial charge >= 0.3 is 5.97 Å². The van der Waals surface area contributed by atoms with Crippen LogP contribution in [-0.4, -0.2) is 27.7 Å². The van der Waals surface area contributed by atoms with Gasteiger partial charge in [-0.05, 0) is 13.8 Å². The first-order chi connectivity index (χ1) is 8.04. The smallest absolute Gasteiger partial charge is 0.328 e. The maximum Gasteiger partial charge on any atom is 0.328 e. The van der Waals surface area contributed by atoms with Gasteiger partial charge in [0.1, 0.15) is 11.3 Å². The third kappa shape index (κ3) is 3.09. The molecule has 0 spiro atoms. The highest BCUT2D eigenvalue weighted by molar-refractivity contribution is 5.96. The van der Waals surface area contributed by atoms with E-state index in [0.717, 1.165) is 0 Å². The van der Waals surface area contributed by atoms with E-state index in [4.69, 9.17) is 9.63 Å². The summed E-state index contributed by atoms with van der Waals surface area (Å²) in [6.07, 6.45) is 0. The molecule has 0 aliphatic carbocycles. The molecule has 0 atom stereocenters. The Morgan fingerprint density at radius 3 is 2.22 bits per heavy atom. The number of aromatic nitrogens is 1. The summed E-state index contributed by atoms with van der Waals surface area (Å²) in [5.41, 5.74) is -1.53. The van der Waals surface area contributed by atoms with E-state index in [1.807, 2.05) is 20.8 Å². The van der Waals surface area contributed by atoms with Gasteiger partial charge in [0, 0.05) is 11.5 Å².